The summed E-state index contributed by atoms with van der Waals surface area (Å²) < 4.78 is 0. The van der Waals surface area contributed by atoms with Gasteiger partial charge in [-0.25, -0.2) is 0 Å². The third-order valence-corrected chi connectivity index (χ3v) is 3.83. The first-order valence-electron chi connectivity index (χ1n) is 4.79. The quantitative estimate of drug-likeness (QED) is 0.839. The van der Waals surface area contributed by atoms with Gasteiger partial charge in [0.15, 0.2) is 5.78 Å². The molecule has 1 aromatic rings. The molecule has 2 rings (SSSR count). The maximum atomic E-state index is 11.7. The lowest BCUT2D eigenvalue weighted by atomic mass is 10.1. The molecule has 1 N–H and O–H groups in total. The summed E-state index contributed by atoms with van der Waals surface area (Å²) in [7, 11) is 0. The van der Waals surface area contributed by atoms with Crippen LogP contribution < -0.4 is 5.32 Å². The van der Waals surface area contributed by atoms with Gasteiger partial charge >= 0.3 is 0 Å². The van der Waals surface area contributed by atoms with Crippen molar-refractivity contribution in [3.05, 3.63) is 23.8 Å². The Balaban J connectivity index is 2.27. The molecular formula is C11H11NO2S2. The molecule has 0 radical (unpaired) electrons. The number of anilines is 1. The highest BCUT2D eigenvalue weighted by Crippen LogP contribution is 2.32. The number of fused-ring (bicyclic) bond motifs is 1. The molecule has 1 aliphatic heterocycles. The van der Waals surface area contributed by atoms with E-state index >= 15 is 0 Å². The maximum absolute atomic E-state index is 11.7. The number of hydrogen-bond acceptors (Lipinski definition) is 4. The zero-order valence-corrected chi connectivity index (χ0v) is 10.4. The number of Topliss-reactive ketones (excluding diaryl/α,β-unsaturated/α-hetero) is 1. The molecule has 0 spiro atoms. The van der Waals surface area contributed by atoms with Crippen molar-refractivity contribution in [3.8, 4) is 0 Å². The van der Waals surface area contributed by atoms with Crippen LogP contribution in [0, 0.1) is 0 Å². The van der Waals surface area contributed by atoms with Crippen LogP contribution in [0.5, 0.6) is 0 Å². The Hall–Kier alpha value is -0.940. The van der Waals surface area contributed by atoms with Crippen molar-refractivity contribution in [2.24, 2.45) is 0 Å². The van der Waals surface area contributed by atoms with E-state index < -0.39 is 0 Å². The number of amides is 1. The third-order valence-electron chi connectivity index (χ3n) is 2.21. The minimum atomic E-state index is -0.00744. The molecule has 5 heteroatoms. The van der Waals surface area contributed by atoms with Crippen LogP contribution in [0.4, 0.5) is 5.69 Å². The predicted octanol–water partition coefficient (Wildman–Crippen LogP) is 2.28. The fourth-order valence-corrected chi connectivity index (χ4v) is 2.69. The minimum Gasteiger partial charge on any atom is -0.324 e. The topological polar surface area (TPSA) is 46.2 Å². The maximum Gasteiger partial charge on any atom is 0.234 e. The standard InChI is InChI=1S/C11H11NO2S2/c1-15-5-9(13)7-2-3-10-8(4-7)12-11(14)6-16-10/h2-4H,5-6H2,1H3,(H,12,14). The monoisotopic (exact) mass is 253 g/mol. The van der Waals surface area contributed by atoms with E-state index in [4.69, 9.17) is 0 Å². The molecule has 0 aliphatic carbocycles. The van der Waals surface area contributed by atoms with Gasteiger partial charge < -0.3 is 5.32 Å². The van der Waals surface area contributed by atoms with Gasteiger partial charge in [0, 0.05) is 10.5 Å². The molecular weight excluding hydrogens is 242 g/mol. The Morgan fingerprint density at radius 1 is 1.56 bits per heavy atom. The van der Waals surface area contributed by atoms with Gasteiger partial charge in [0.25, 0.3) is 0 Å². The molecule has 0 bridgehead atoms. The average molecular weight is 253 g/mol. The second-order valence-corrected chi connectivity index (χ2v) is 5.29. The predicted molar refractivity (Wildman–Crippen MR) is 68.5 cm³/mol. The second-order valence-electron chi connectivity index (χ2n) is 3.40. The van der Waals surface area contributed by atoms with E-state index in [9.17, 15) is 9.59 Å². The van der Waals surface area contributed by atoms with Gasteiger partial charge in [-0.2, -0.15) is 11.8 Å². The number of hydrogen-bond donors (Lipinski definition) is 1. The summed E-state index contributed by atoms with van der Waals surface area (Å²) in [5.74, 6) is 1.01. The summed E-state index contributed by atoms with van der Waals surface area (Å²) in [6.45, 7) is 0. The average Bonchev–Trinajstić information content (AvgIpc) is 2.28. The van der Waals surface area contributed by atoms with Gasteiger partial charge in [0.05, 0.1) is 17.2 Å². The molecule has 0 unspecified atom stereocenters. The minimum absolute atomic E-state index is 0.00744. The Morgan fingerprint density at radius 3 is 3.12 bits per heavy atom. The van der Waals surface area contributed by atoms with Gasteiger partial charge in [-0.15, -0.1) is 11.8 Å². The number of carbonyl (C=O) groups is 2. The van der Waals surface area contributed by atoms with Gasteiger partial charge in [0.1, 0.15) is 0 Å². The van der Waals surface area contributed by atoms with Crippen LogP contribution >= 0.6 is 23.5 Å². The fourth-order valence-electron chi connectivity index (χ4n) is 1.47. The van der Waals surface area contributed by atoms with E-state index in [1.807, 2.05) is 18.4 Å². The summed E-state index contributed by atoms with van der Waals surface area (Å²) >= 11 is 3.00. The van der Waals surface area contributed by atoms with Crippen molar-refractivity contribution in [2.45, 2.75) is 4.90 Å². The number of benzene rings is 1. The van der Waals surface area contributed by atoms with Crippen LogP contribution in [-0.4, -0.2) is 29.5 Å². The van der Waals surface area contributed by atoms with Crippen molar-refractivity contribution in [1.29, 1.82) is 0 Å². The molecule has 1 heterocycles. The highest BCUT2D eigenvalue weighted by molar-refractivity contribution is 8.00. The van der Waals surface area contributed by atoms with Crippen LogP contribution in [0.2, 0.25) is 0 Å². The molecule has 84 valence electrons. The fraction of sp³-hybridized carbons (Fsp3) is 0.273. The number of nitrogens with one attached hydrogen (secondary N) is 1. The van der Waals surface area contributed by atoms with E-state index in [-0.39, 0.29) is 11.7 Å². The van der Waals surface area contributed by atoms with Gasteiger partial charge in [0.2, 0.25) is 5.91 Å². The van der Waals surface area contributed by atoms with Crippen LogP contribution in [0.1, 0.15) is 10.4 Å². The van der Waals surface area contributed by atoms with Gasteiger partial charge in [-0.1, -0.05) is 6.07 Å². The van der Waals surface area contributed by atoms with Crippen molar-refractivity contribution >= 4 is 40.9 Å². The van der Waals surface area contributed by atoms with Gasteiger partial charge in [-0.3, -0.25) is 9.59 Å². The largest absolute Gasteiger partial charge is 0.324 e. The van der Waals surface area contributed by atoms with E-state index in [2.05, 4.69) is 5.32 Å². The summed E-state index contributed by atoms with van der Waals surface area (Å²) in [6, 6.07) is 5.48. The Labute approximate surface area is 102 Å². The van der Waals surface area contributed by atoms with Gasteiger partial charge in [-0.05, 0) is 18.4 Å². The normalized spacial score (nSPS) is 14.2. The molecule has 3 nitrogen and oxygen atoms in total. The zero-order chi connectivity index (χ0) is 11.5. The summed E-state index contributed by atoms with van der Waals surface area (Å²) in [4.78, 5) is 23.9. The molecule has 16 heavy (non-hydrogen) atoms. The second kappa shape index (κ2) is 4.93. The molecule has 1 aromatic carbocycles. The Morgan fingerprint density at radius 2 is 2.38 bits per heavy atom. The van der Waals surface area contributed by atoms with Crippen molar-refractivity contribution in [3.63, 3.8) is 0 Å². The van der Waals surface area contributed by atoms with E-state index in [0.717, 1.165) is 10.6 Å². The molecule has 0 atom stereocenters. The SMILES string of the molecule is CSCC(=O)c1ccc2c(c1)NC(=O)CS2. The molecule has 0 saturated heterocycles. The first-order valence-corrected chi connectivity index (χ1v) is 7.17. The van der Waals surface area contributed by atoms with Crippen LogP contribution in [0.15, 0.2) is 23.1 Å². The van der Waals surface area contributed by atoms with E-state index in [1.54, 1.807) is 6.07 Å². The van der Waals surface area contributed by atoms with Crippen LogP contribution in [0.3, 0.4) is 0 Å². The van der Waals surface area contributed by atoms with Crippen molar-refractivity contribution in [1.82, 2.24) is 0 Å². The first-order chi connectivity index (χ1) is 7.70. The van der Waals surface area contributed by atoms with Crippen LogP contribution in [-0.2, 0) is 4.79 Å². The van der Waals surface area contributed by atoms with Crippen molar-refractivity contribution < 1.29 is 9.59 Å². The zero-order valence-electron chi connectivity index (χ0n) is 8.78. The van der Waals surface area contributed by atoms with E-state index in [0.29, 0.717) is 17.1 Å². The van der Waals surface area contributed by atoms with Crippen LogP contribution in [0.25, 0.3) is 0 Å². The third kappa shape index (κ3) is 2.41. The van der Waals surface area contributed by atoms with E-state index in [1.165, 1.54) is 23.5 Å². The number of ketones is 1. The van der Waals surface area contributed by atoms with Crippen molar-refractivity contribution in [2.75, 3.05) is 23.1 Å². The summed E-state index contributed by atoms with van der Waals surface area (Å²) in [5, 5.41) is 2.78. The lowest BCUT2D eigenvalue weighted by Gasteiger charge is -2.16. The number of carbonyl (C=O) groups excluding carboxylic acids is 2. The highest BCUT2D eigenvalue weighted by atomic mass is 32.2. The smallest absolute Gasteiger partial charge is 0.234 e. The summed E-state index contributed by atoms with van der Waals surface area (Å²) in [5.41, 5.74) is 1.42. The number of rotatable bonds is 3. The Kier molecular flexibility index (Phi) is 3.56. The summed E-state index contributed by atoms with van der Waals surface area (Å²) in [6.07, 6.45) is 1.90. The molecule has 1 aliphatic rings. The molecule has 0 fully saturated rings. The molecule has 1 amide bonds. The first kappa shape index (κ1) is 11.5. The highest BCUT2D eigenvalue weighted by Gasteiger charge is 2.16. The molecule has 0 saturated carbocycles. The Bertz CT molecular complexity index is 446. The lowest BCUT2D eigenvalue weighted by Crippen LogP contribution is -2.19. The molecule has 0 aromatic heterocycles. The lowest BCUT2D eigenvalue weighted by molar-refractivity contribution is -0.113. The number of thioether (sulfide) groups is 2.